The van der Waals surface area contributed by atoms with Crippen molar-refractivity contribution in [1.82, 2.24) is 24.9 Å². The van der Waals surface area contributed by atoms with Crippen LogP contribution in [0.1, 0.15) is 28.8 Å². The highest BCUT2D eigenvalue weighted by Crippen LogP contribution is 2.18. The van der Waals surface area contributed by atoms with E-state index in [1.807, 2.05) is 26.0 Å². The molecule has 1 saturated heterocycles. The molecule has 4 rings (SSSR count). The number of benzene rings is 1. The molecule has 0 saturated carbocycles. The molecule has 2 aromatic heterocycles. The standard InChI is InChI=1S/C20H25N5O2/c1-14-4-6-17(7-5-14)20-22-19(27-23-20)13-25-10-8-24(9-11-25)12-18-15(2)21-16(3)26-18/h4-7H,8-13H2,1-3H3. The van der Waals surface area contributed by atoms with Gasteiger partial charge in [-0.1, -0.05) is 35.0 Å². The third-order valence-electron chi connectivity index (χ3n) is 4.97. The first kappa shape index (κ1) is 17.9. The van der Waals surface area contributed by atoms with E-state index in [9.17, 15) is 0 Å². The number of rotatable bonds is 5. The molecule has 0 aliphatic carbocycles. The van der Waals surface area contributed by atoms with E-state index in [1.54, 1.807) is 0 Å². The van der Waals surface area contributed by atoms with Crippen LogP contribution < -0.4 is 0 Å². The molecule has 27 heavy (non-hydrogen) atoms. The largest absolute Gasteiger partial charge is 0.444 e. The second-order valence-electron chi connectivity index (χ2n) is 7.17. The Morgan fingerprint density at radius 1 is 0.889 bits per heavy atom. The lowest BCUT2D eigenvalue weighted by Gasteiger charge is -2.33. The monoisotopic (exact) mass is 367 g/mol. The minimum atomic E-state index is 0.653. The zero-order chi connectivity index (χ0) is 18.8. The van der Waals surface area contributed by atoms with E-state index in [-0.39, 0.29) is 0 Å². The first-order valence-electron chi connectivity index (χ1n) is 9.34. The first-order chi connectivity index (χ1) is 13.1. The molecule has 7 nitrogen and oxygen atoms in total. The Labute approximate surface area is 159 Å². The van der Waals surface area contributed by atoms with E-state index in [1.165, 1.54) is 5.56 Å². The lowest BCUT2D eigenvalue weighted by molar-refractivity contribution is 0.106. The zero-order valence-electron chi connectivity index (χ0n) is 16.1. The van der Waals surface area contributed by atoms with Crippen LogP contribution in [0.25, 0.3) is 11.4 Å². The predicted octanol–water partition coefficient (Wildman–Crippen LogP) is 2.97. The molecular formula is C20H25N5O2. The average molecular weight is 367 g/mol. The summed E-state index contributed by atoms with van der Waals surface area (Å²) >= 11 is 0. The number of nitrogens with zero attached hydrogens (tertiary/aromatic N) is 5. The SMILES string of the molecule is Cc1ccc(-c2noc(CN3CCN(Cc4oc(C)nc4C)CC3)n2)cc1. The molecule has 1 aliphatic heterocycles. The molecule has 3 heterocycles. The van der Waals surface area contributed by atoms with Crippen LogP contribution in [-0.4, -0.2) is 51.1 Å². The summed E-state index contributed by atoms with van der Waals surface area (Å²) in [5.41, 5.74) is 3.19. The van der Waals surface area contributed by atoms with Gasteiger partial charge in [0.05, 0.1) is 18.8 Å². The first-order valence-corrected chi connectivity index (χ1v) is 9.34. The van der Waals surface area contributed by atoms with E-state index < -0.39 is 0 Å². The van der Waals surface area contributed by atoms with Gasteiger partial charge in [-0.05, 0) is 13.8 Å². The minimum absolute atomic E-state index is 0.653. The van der Waals surface area contributed by atoms with Gasteiger partial charge in [-0.3, -0.25) is 9.80 Å². The van der Waals surface area contributed by atoms with Crippen LogP contribution in [0.3, 0.4) is 0 Å². The van der Waals surface area contributed by atoms with Gasteiger partial charge in [-0.2, -0.15) is 4.98 Å². The lowest BCUT2D eigenvalue weighted by atomic mass is 10.1. The Morgan fingerprint density at radius 3 is 2.19 bits per heavy atom. The Kier molecular flexibility index (Phi) is 5.05. The molecule has 0 spiro atoms. The fourth-order valence-electron chi connectivity index (χ4n) is 3.36. The highest BCUT2D eigenvalue weighted by Gasteiger charge is 2.21. The number of aryl methyl sites for hydroxylation is 3. The molecule has 3 aromatic rings. The van der Waals surface area contributed by atoms with Crippen molar-refractivity contribution in [2.45, 2.75) is 33.9 Å². The Balaban J connectivity index is 1.30. The van der Waals surface area contributed by atoms with Gasteiger partial charge in [0.2, 0.25) is 11.7 Å². The summed E-state index contributed by atoms with van der Waals surface area (Å²) in [5, 5.41) is 4.12. The summed E-state index contributed by atoms with van der Waals surface area (Å²) in [7, 11) is 0. The Morgan fingerprint density at radius 2 is 1.56 bits per heavy atom. The van der Waals surface area contributed by atoms with Gasteiger partial charge in [0.25, 0.3) is 0 Å². The number of hydrogen-bond donors (Lipinski definition) is 0. The van der Waals surface area contributed by atoms with Crippen molar-refractivity contribution in [2.24, 2.45) is 0 Å². The summed E-state index contributed by atoms with van der Waals surface area (Å²) in [4.78, 5) is 13.6. The van der Waals surface area contributed by atoms with Crippen LogP contribution in [0.4, 0.5) is 0 Å². The summed E-state index contributed by atoms with van der Waals surface area (Å²) < 4.78 is 11.1. The van der Waals surface area contributed by atoms with E-state index in [0.717, 1.165) is 55.6 Å². The molecule has 0 atom stereocenters. The van der Waals surface area contributed by atoms with Crippen LogP contribution in [-0.2, 0) is 13.1 Å². The molecule has 1 aromatic carbocycles. The molecule has 0 radical (unpaired) electrons. The maximum atomic E-state index is 5.69. The molecule has 0 bridgehead atoms. The van der Waals surface area contributed by atoms with Crippen molar-refractivity contribution >= 4 is 0 Å². The molecule has 1 fully saturated rings. The minimum Gasteiger partial charge on any atom is -0.444 e. The number of hydrogen-bond acceptors (Lipinski definition) is 7. The molecule has 7 heteroatoms. The zero-order valence-corrected chi connectivity index (χ0v) is 16.1. The van der Waals surface area contributed by atoms with Crippen LogP contribution in [0, 0.1) is 20.8 Å². The quantitative estimate of drug-likeness (QED) is 0.686. The second-order valence-corrected chi connectivity index (χ2v) is 7.17. The van der Waals surface area contributed by atoms with Crippen molar-refractivity contribution in [2.75, 3.05) is 26.2 Å². The van der Waals surface area contributed by atoms with Crippen molar-refractivity contribution in [3.8, 4) is 11.4 Å². The Bertz CT molecular complexity index is 891. The third kappa shape index (κ3) is 4.26. The lowest BCUT2D eigenvalue weighted by Crippen LogP contribution is -2.45. The smallest absolute Gasteiger partial charge is 0.241 e. The van der Waals surface area contributed by atoms with E-state index >= 15 is 0 Å². The summed E-state index contributed by atoms with van der Waals surface area (Å²) in [5.74, 6) is 3.03. The molecule has 1 aliphatic rings. The van der Waals surface area contributed by atoms with Crippen molar-refractivity contribution in [1.29, 1.82) is 0 Å². The predicted molar refractivity (Wildman–Crippen MR) is 101 cm³/mol. The molecule has 0 unspecified atom stereocenters. The highest BCUT2D eigenvalue weighted by atomic mass is 16.5. The topological polar surface area (TPSA) is 71.4 Å². The normalized spacial score (nSPS) is 16.1. The molecular weight excluding hydrogens is 342 g/mol. The van der Waals surface area contributed by atoms with E-state index in [2.05, 4.69) is 44.0 Å². The van der Waals surface area contributed by atoms with Gasteiger partial charge >= 0.3 is 0 Å². The van der Waals surface area contributed by atoms with Crippen molar-refractivity contribution < 1.29 is 8.94 Å². The van der Waals surface area contributed by atoms with Gasteiger partial charge < -0.3 is 8.94 Å². The van der Waals surface area contributed by atoms with Gasteiger partial charge in [0, 0.05) is 38.7 Å². The van der Waals surface area contributed by atoms with Crippen molar-refractivity contribution in [3.63, 3.8) is 0 Å². The number of piperazine rings is 1. The average Bonchev–Trinajstić information content (AvgIpc) is 3.24. The van der Waals surface area contributed by atoms with E-state index in [4.69, 9.17) is 8.94 Å². The fourth-order valence-corrected chi connectivity index (χ4v) is 3.36. The highest BCUT2D eigenvalue weighted by molar-refractivity contribution is 5.54. The molecule has 0 N–H and O–H groups in total. The second kappa shape index (κ2) is 7.62. The maximum absolute atomic E-state index is 5.69. The van der Waals surface area contributed by atoms with Crippen LogP contribution in [0.15, 0.2) is 33.2 Å². The molecule has 142 valence electrons. The van der Waals surface area contributed by atoms with Gasteiger partial charge in [0.15, 0.2) is 5.89 Å². The maximum Gasteiger partial charge on any atom is 0.241 e. The van der Waals surface area contributed by atoms with Crippen LogP contribution in [0.5, 0.6) is 0 Å². The summed E-state index contributed by atoms with van der Waals surface area (Å²) in [6.07, 6.45) is 0. The van der Waals surface area contributed by atoms with Gasteiger partial charge in [-0.25, -0.2) is 4.98 Å². The molecule has 0 amide bonds. The number of oxazole rings is 1. The van der Waals surface area contributed by atoms with Crippen LogP contribution in [0.2, 0.25) is 0 Å². The van der Waals surface area contributed by atoms with Gasteiger partial charge in [-0.15, -0.1) is 0 Å². The summed E-state index contributed by atoms with van der Waals surface area (Å²) in [6.45, 7) is 11.4. The fraction of sp³-hybridized carbons (Fsp3) is 0.450. The number of aromatic nitrogens is 3. The van der Waals surface area contributed by atoms with Crippen molar-refractivity contribution in [3.05, 3.63) is 53.1 Å². The van der Waals surface area contributed by atoms with E-state index in [0.29, 0.717) is 18.3 Å². The van der Waals surface area contributed by atoms with Gasteiger partial charge in [0.1, 0.15) is 5.76 Å². The summed E-state index contributed by atoms with van der Waals surface area (Å²) in [6, 6.07) is 8.16. The Hall–Kier alpha value is -2.51. The van der Waals surface area contributed by atoms with Crippen LogP contribution >= 0.6 is 0 Å². The third-order valence-corrected chi connectivity index (χ3v) is 4.97.